The Morgan fingerprint density at radius 2 is 0.205 bits per heavy atom. The van der Waals surface area contributed by atoms with Crippen LogP contribution in [0.25, 0.3) is 0 Å². The molecule has 34 heteroatoms. The van der Waals surface area contributed by atoms with E-state index in [0.29, 0.717) is 0 Å². The van der Waals surface area contributed by atoms with Gasteiger partial charge in [-0.1, -0.05) is 0 Å². The molecule has 0 spiro atoms. The Hall–Kier alpha value is -4.30. The topological polar surface area (TPSA) is 779 Å². The van der Waals surface area contributed by atoms with Crippen molar-refractivity contribution in [2.24, 2.45) is 0 Å². The second kappa shape index (κ2) is 83.3. The van der Waals surface area contributed by atoms with Crippen LogP contribution in [0.15, 0.2) is 0 Å². The van der Waals surface area contributed by atoms with Crippen LogP contribution in [-0.2, 0) is 92.7 Å². The molecule has 0 aromatic rings. The van der Waals surface area contributed by atoms with Gasteiger partial charge in [0.15, 0.2) is 0 Å². The van der Waals surface area contributed by atoms with Gasteiger partial charge in [-0.25, -0.2) is 0 Å². The van der Waals surface area contributed by atoms with E-state index >= 15 is 0 Å². The zero-order valence-corrected chi connectivity index (χ0v) is 24.5. The van der Waals surface area contributed by atoms with E-state index in [-0.39, 0.29) is 110 Å². The van der Waals surface area contributed by atoms with Crippen molar-refractivity contribution < 1.29 is 209 Å². The Morgan fingerprint density at radius 3 is 0.205 bits per heavy atom. The zero-order valence-electron chi connectivity index (χ0n) is 20.1. The van der Waals surface area contributed by atoms with Gasteiger partial charge in [-0.15, -0.1) is 0 Å². The van der Waals surface area contributed by atoms with E-state index in [4.69, 9.17) is 99.0 Å². The first-order valence-corrected chi connectivity index (χ1v) is 5.33. The number of carboxylic acids is 10. The maximum atomic E-state index is 8.93. The quantitative estimate of drug-likeness (QED) is 0.161. The summed E-state index contributed by atoms with van der Waals surface area (Å²) in [5.74, 6) is -21.9. The molecule has 0 aliphatic carbocycles. The Morgan fingerprint density at radius 1 is 0.182 bits per heavy atom. The van der Waals surface area contributed by atoms with Crippen LogP contribution in [0.4, 0.5) is 0 Å². The standard InChI is InChI=1S/5C2H2O4.2Nb.12H2O/c5*3-1(4)2(5)6;;;;;;;;;;;;;;/h5*(H,3,4)(H,5,6);;;12*1H2/q;;;;;2*+5;;;;;;;;;;;;/p-10. The largest absolute Gasteiger partial charge is 5.00 e. The van der Waals surface area contributed by atoms with Gasteiger partial charge in [0, 0.05) is 0 Å². The monoisotopic (exact) mass is 842 g/mol. The Kier molecular flexibility index (Phi) is 263. The Labute approximate surface area is 269 Å². The van der Waals surface area contributed by atoms with Gasteiger partial charge in [0.25, 0.3) is 0 Å². The van der Waals surface area contributed by atoms with Gasteiger partial charge in [-0.2, -0.15) is 0 Å². The number of aliphatic carboxylic acids is 10. The van der Waals surface area contributed by atoms with Crippen molar-refractivity contribution in [3.63, 3.8) is 0 Å². The molecule has 0 aliphatic rings. The number of hydrogen-bond donors (Lipinski definition) is 0. The second-order valence-electron chi connectivity index (χ2n) is 2.87. The molecular formula is C10H24Nb2O32. The predicted molar refractivity (Wildman–Crippen MR) is 93.4 cm³/mol. The van der Waals surface area contributed by atoms with Crippen LogP contribution in [0.5, 0.6) is 0 Å². The van der Waals surface area contributed by atoms with E-state index in [1.807, 2.05) is 0 Å². The summed E-state index contributed by atoms with van der Waals surface area (Å²) < 4.78 is 0. The number of rotatable bonds is 0. The average Bonchev–Trinajstić information content (AvgIpc) is 2.56. The molecule has 0 saturated carbocycles. The SMILES string of the molecule is O.O.O.O.O.O.O.O.O.O.O.O.O=C([O-])C(=O)[O-].O=C([O-])C(=O)[O-].O=C([O-])C(=O)[O-].O=C([O-])C(=O)[O-].O=C([O-])C(=O)[O-].[Nb+5].[Nb+5]. The fourth-order valence-corrected chi connectivity index (χ4v) is 0. The molecule has 0 bridgehead atoms. The summed E-state index contributed by atoms with van der Waals surface area (Å²) in [5, 5.41) is 89.3. The van der Waals surface area contributed by atoms with Gasteiger partial charge >= 0.3 is 44.8 Å². The molecule has 24 N–H and O–H groups in total. The maximum absolute atomic E-state index is 8.93. The summed E-state index contributed by atoms with van der Waals surface area (Å²) in [5.41, 5.74) is 0. The van der Waals surface area contributed by atoms with Crippen molar-refractivity contribution in [2.75, 3.05) is 0 Å². The van der Waals surface area contributed by atoms with E-state index in [1.165, 1.54) is 0 Å². The minimum Gasteiger partial charge on any atom is -0.543 e. The van der Waals surface area contributed by atoms with E-state index in [0.717, 1.165) is 0 Å². The molecule has 44 heavy (non-hydrogen) atoms. The second-order valence-corrected chi connectivity index (χ2v) is 2.87. The van der Waals surface area contributed by atoms with Crippen molar-refractivity contribution in [3.8, 4) is 0 Å². The van der Waals surface area contributed by atoms with E-state index in [2.05, 4.69) is 0 Å². The summed E-state index contributed by atoms with van der Waals surface area (Å²) >= 11 is 0. The smallest absolute Gasteiger partial charge is 0.543 e. The van der Waals surface area contributed by atoms with Crippen LogP contribution in [0.3, 0.4) is 0 Å². The van der Waals surface area contributed by atoms with Crippen LogP contribution in [-0.4, -0.2) is 125 Å². The van der Waals surface area contributed by atoms with Crippen molar-refractivity contribution in [1.82, 2.24) is 0 Å². The summed E-state index contributed by atoms with van der Waals surface area (Å²) in [4.78, 5) is 89.3. The molecule has 0 fully saturated rings. The van der Waals surface area contributed by atoms with Gasteiger partial charge in [-0.05, 0) is 0 Å². The fraction of sp³-hybridized carbons (Fsp3) is 0. The van der Waals surface area contributed by atoms with Crippen LogP contribution >= 0.6 is 0 Å². The molecule has 0 heterocycles. The zero-order chi connectivity index (χ0) is 25.8. The first-order chi connectivity index (χ1) is 13.2. The molecule has 266 valence electrons. The molecular weight excluding hydrogens is 818 g/mol. The van der Waals surface area contributed by atoms with Crippen LogP contribution in [0.1, 0.15) is 0 Å². The summed E-state index contributed by atoms with van der Waals surface area (Å²) in [6, 6.07) is 0. The van der Waals surface area contributed by atoms with Gasteiger partial charge in [0.1, 0.15) is 0 Å². The van der Waals surface area contributed by atoms with Crippen molar-refractivity contribution in [2.45, 2.75) is 0 Å². The van der Waals surface area contributed by atoms with Crippen LogP contribution in [0, 0.1) is 0 Å². The number of hydrogen-bond acceptors (Lipinski definition) is 20. The van der Waals surface area contributed by atoms with E-state index in [9.17, 15) is 0 Å². The molecule has 0 aliphatic heterocycles. The third-order valence-electron chi connectivity index (χ3n) is 0.833. The minimum absolute atomic E-state index is 0. The first-order valence-electron chi connectivity index (χ1n) is 5.33. The third-order valence-corrected chi connectivity index (χ3v) is 0.833. The van der Waals surface area contributed by atoms with E-state index in [1.54, 1.807) is 0 Å². The third kappa shape index (κ3) is 206. The van der Waals surface area contributed by atoms with Crippen LogP contribution in [0.2, 0.25) is 0 Å². The van der Waals surface area contributed by atoms with Gasteiger partial charge in [0.05, 0.1) is 59.7 Å². The normalized spacial score (nSPS) is 5.00. The molecule has 0 atom stereocenters. The number of carboxylic acid groups (broad SMARTS) is 10. The molecule has 32 nitrogen and oxygen atoms in total. The van der Waals surface area contributed by atoms with Crippen molar-refractivity contribution >= 4 is 59.7 Å². The summed E-state index contributed by atoms with van der Waals surface area (Å²) in [7, 11) is 0. The van der Waals surface area contributed by atoms with Gasteiger partial charge < -0.3 is 165 Å². The first kappa shape index (κ1) is 139. The van der Waals surface area contributed by atoms with Gasteiger partial charge in [0.2, 0.25) is 0 Å². The number of carbonyl (C=O) groups excluding carboxylic acids is 10. The maximum Gasteiger partial charge on any atom is 5.00 e. The van der Waals surface area contributed by atoms with Crippen LogP contribution < -0.4 is 51.1 Å². The Balaban J connectivity index is -0.00000000967. The minimum atomic E-state index is -2.19. The van der Waals surface area contributed by atoms with Gasteiger partial charge in [-0.3, -0.25) is 0 Å². The molecule has 0 radical (unpaired) electrons. The number of carbonyl (C=O) groups is 10. The molecule has 0 amide bonds. The summed E-state index contributed by atoms with van der Waals surface area (Å²) in [6.07, 6.45) is 0. The molecule has 0 saturated heterocycles. The molecule has 0 aromatic carbocycles. The average molecular weight is 842 g/mol. The molecule has 0 rings (SSSR count). The predicted octanol–water partition coefficient (Wildman–Crippen LogP) is -27.5. The fourth-order valence-electron chi connectivity index (χ4n) is 0. The Bertz CT molecular complexity index is 515. The molecule has 0 aromatic heterocycles. The summed E-state index contributed by atoms with van der Waals surface area (Å²) in [6.45, 7) is 0. The van der Waals surface area contributed by atoms with Crippen molar-refractivity contribution in [1.29, 1.82) is 0 Å². The van der Waals surface area contributed by atoms with Crippen molar-refractivity contribution in [3.05, 3.63) is 0 Å². The van der Waals surface area contributed by atoms with E-state index < -0.39 is 59.7 Å². The molecule has 0 unspecified atom stereocenters.